The van der Waals surface area contributed by atoms with Gasteiger partial charge in [-0.25, -0.2) is 0 Å². The van der Waals surface area contributed by atoms with Gasteiger partial charge in [0.1, 0.15) is 0 Å². The van der Waals surface area contributed by atoms with Crippen LogP contribution in [0.15, 0.2) is 24.3 Å². The second-order valence-electron chi connectivity index (χ2n) is 8.43. The third-order valence-corrected chi connectivity index (χ3v) is 3.35. The summed E-state index contributed by atoms with van der Waals surface area (Å²) in [6, 6.07) is 8.84. The van der Waals surface area contributed by atoms with Gasteiger partial charge in [-0.15, -0.1) is 0 Å². The standard InChI is InChI=1S/C19H34N2/c1-18(2,3)15-21(7)14-17-11-9-8-10-16(17)12-13-20-19(4,5)6/h8-11,20H,12-15H2,1-7H3. The van der Waals surface area contributed by atoms with E-state index in [9.17, 15) is 0 Å². The largest absolute Gasteiger partial charge is 0.312 e. The normalized spacial score (nSPS) is 13.0. The number of rotatable bonds is 6. The van der Waals surface area contributed by atoms with E-state index in [2.05, 4.69) is 83.1 Å². The molecule has 0 spiro atoms. The number of hydrogen-bond acceptors (Lipinski definition) is 2. The zero-order valence-electron chi connectivity index (χ0n) is 15.1. The molecule has 0 aliphatic rings. The fourth-order valence-electron chi connectivity index (χ4n) is 2.68. The highest BCUT2D eigenvalue weighted by molar-refractivity contribution is 5.27. The molecule has 1 rings (SSSR count). The molecule has 0 amide bonds. The van der Waals surface area contributed by atoms with Crippen molar-refractivity contribution < 1.29 is 0 Å². The Bertz CT molecular complexity index is 424. The Kier molecular flexibility index (Phi) is 6.42. The van der Waals surface area contributed by atoms with Gasteiger partial charge in [-0.1, -0.05) is 45.0 Å². The van der Waals surface area contributed by atoms with Crippen LogP contribution in [0, 0.1) is 5.41 Å². The molecule has 0 aliphatic heterocycles. The van der Waals surface area contributed by atoms with Gasteiger partial charge in [-0.3, -0.25) is 0 Å². The van der Waals surface area contributed by atoms with Crippen molar-refractivity contribution in [1.29, 1.82) is 0 Å². The van der Waals surface area contributed by atoms with Crippen LogP contribution in [0.25, 0.3) is 0 Å². The SMILES string of the molecule is CN(Cc1ccccc1CCNC(C)(C)C)CC(C)(C)C. The molecular formula is C19H34N2. The predicted octanol–water partition coefficient (Wildman–Crippen LogP) is 4.10. The van der Waals surface area contributed by atoms with Crippen molar-refractivity contribution >= 4 is 0 Å². The molecule has 0 bridgehead atoms. The van der Waals surface area contributed by atoms with Gasteiger partial charge in [0.25, 0.3) is 0 Å². The second kappa shape index (κ2) is 7.42. The lowest BCUT2D eigenvalue weighted by atomic mass is 9.95. The van der Waals surface area contributed by atoms with E-state index in [0.29, 0.717) is 5.41 Å². The van der Waals surface area contributed by atoms with Crippen molar-refractivity contribution in [2.45, 2.75) is 60.0 Å². The number of nitrogens with zero attached hydrogens (tertiary/aromatic N) is 1. The Morgan fingerprint density at radius 3 is 2.05 bits per heavy atom. The molecule has 0 aliphatic carbocycles. The van der Waals surface area contributed by atoms with Crippen LogP contribution in [-0.4, -0.2) is 30.6 Å². The minimum atomic E-state index is 0.192. The Morgan fingerprint density at radius 1 is 0.952 bits per heavy atom. The molecule has 0 atom stereocenters. The first kappa shape index (κ1) is 18.2. The van der Waals surface area contributed by atoms with Gasteiger partial charge in [-0.2, -0.15) is 0 Å². The third-order valence-electron chi connectivity index (χ3n) is 3.35. The van der Waals surface area contributed by atoms with Gasteiger partial charge in [-0.05, 0) is 57.3 Å². The van der Waals surface area contributed by atoms with Gasteiger partial charge in [0.15, 0.2) is 0 Å². The molecule has 1 N–H and O–H groups in total. The van der Waals surface area contributed by atoms with Gasteiger partial charge < -0.3 is 10.2 Å². The molecule has 0 unspecified atom stereocenters. The summed E-state index contributed by atoms with van der Waals surface area (Å²) in [6.45, 7) is 16.7. The summed E-state index contributed by atoms with van der Waals surface area (Å²) in [5, 5.41) is 3.58. The summed E-state index contributed by atoms with van der Waals surface area (Å²) in [4.78, 5) is 2.43. The zero-order chi connectivity index (χ0) is 16.1. The monoisotopic (exact) mass is 290 g/mol. The van der Waals surface area contributed by atoms with Gasteiger partial charge in [0.05, 0.1) is 0 Å². The Balaban J connectivity index is 2.62. The molecule has 0 fully saturated rings. The number of hydrogen-bond donors (Lipinski definition) is 1. The lowest BCUT2D eigenvalue weighted by Crippen LogP contribution is -2.37. The summed E-state index contributed by atoms with van der Waals surface area (Å²) in [5.41, 5.74) is 3.46. The Labute approximate surface area is 131 Å². The van der Waals surface area contributed by atoms with Crippen LogP contribution < -0.4 is 5.32 Å². The molecule has 21 heavy (non-hydrogen) atoms. The minimum absolute atomic E-state index is 0.192. The van der Waals surface area contributed by atoms with Crippen LogP contribution in [0.2, 0.25) is 0 Å². The maximum Gasteiger partial charge on any atom is 0.0233 e. The van der Waals surface area contributed by atoms with E-state index in [1.165, 1.54) is 11.1 Å². The van der Waals surface area contributed by atoms with Crippen molar-refractivity contribution in [2.75, 3.05) is 20.1 Å². The third kappa shape index (κ3) is 8.23. The molecule has 0 saturated carbocycles. The molecule has 0 heterocycles. The highest BCUT2D eigenvalue weighted by Crippen LogP contribution is 2.17. The van der Waals surface area contributed by atoms with E-state index in [4.69, 9.17) is 0 Å². The molecule has 2 heteroatoms. The Morgan fingerprint density at radius 2 is 1.52 bits per heavy atom. The van der Waals surface area contributed by atoms with E-state index in [-0.39, 0.29) is 5.54 Å². The second-order valence-corrected chi connectivity index (χ2v) is 8.43. The molecule has 120 valence electrons. The first-order chi connectivity index (χ1) is 9.57. The number of benzene rings is 1. The lowest BCUT2D eigenvalue weighted by Gasteiger charge is -2.27. The summed E-state index contributed by atoms with van der Waals surface area (Å²) in [7, 11) is 2.22. The summed E-state index contributed by atoms with van der Waals surface area (Å²) < 4.78 is 0. The van der Waals surface area contributed by atoms with Crippen LogP contribution >= 0.6 is 0 Å². The lowest BCUT2D eigenvalue weighted by molar-refractivity contribution is 0.220. The average Bonchev–Trinajstić information content (AvgIpc) is 2.27. The van der Waals surface area contributed by atoms with Crippen molar-refractivity contribution in [3.63, 3.8) is 0 Å². The Hall–Kier alpha value is -0.860. The maximum absolute atomic E-state index is 3.58. The van der Waals surface area contributed by atoms with Crippen molar-refractivity contribution in [1.82, 2.24) is 10.2 Å². The van der Waals surface area contributed by atoms with Crippen molar-refractivity contribution in [3.05, 3.63) is 35.4 Å². The quantitative estimate of drug-likeness (QED) is 0.848. The molecule has 0 saturated heterocycles. The minimum Gasteiger partial charge on any atom is -0.312 e. The van der Waals surface area contributed by atoms with Crippen LogP contribution in [0.4, 0.5) is 0 Å². The van der Waals surface area contributed by atoms with E-state index >= 15 is 0 Å². The molecule has 1 aromatic rings. The van der Waals surface area contributed by atoms with E-state index in [1.54, 1.807) is 0 Å². The van der Waals surface area contributed by atoms with Gasteiger partial charge in [0.2, 0.25) is 0 Å². The predicted molar refractivity (Wildman–Crippen MR) is 93.7 cm³/mol. The molecule has 1 aromatic carbocycles. The van der Waals surface area contributed by atoms with Gasteiger partial charge >= 0.3 is 0 Å². The molecule has 0 radical (unpaired) electrons. The van der Waals surface area contributed by atoms with Crippen LogP contribution in [0.5, 0.6) is 0 Å². The molecular weight excluding hydrogens is 256 g/mol. The smallest absolute Gasteiger partial charge is 0.0233 e. The van der Waals surface area contributed by atoms with Gasteiger partial charge in [0, 0.05) is 18.6 Å². The van der Waals surface area contributed by atoms with E-state index < -0.39 is 0 Å². The van der Waals surface area contributed by atoms with Crippen molar-refractivity contribution in [2.24, 2.45) is 5.41 Å². The molecule has 2 nitrogen and oxygen atoms in total. The number of nitrogens with one attached hydrogen (secondary N) is 1. The topological polar surface area (TPSA) is 15.3 Å². The fraction of sp³-hybridized carbons (Fsp3) is 0.684. The summed E-state index contributed by atoms with van der Waals surface area (Å²) in [6.07, 6.45) is 1.09. The fourth-order valence-corrected chi connectivity index (χ4v) is 2.68. The van der Waals surface area contributed by atoms with Crippen molar-refractivity contribution in [3.8, 4) is 0 Å². The first-order valence-electron chi connectivity index (χ1n) is 8.07. The summed E-state index contributed by atoms with van der Waals surface area (Å²) >= 11 is 0. The van der Waals surface area contributed by atoms with Crippen LogP contribution in [0.3, 0.4) is 0 Å². The van der Waals surface area contributed by atoms with E-state index in [0.717, 1.165) is 26.1 Å². The zero-order valence-corrected chi connectivity index (χ0v) is 15.1. The van der Waals surface area contributed by atoms with Crippen LogP contribution in [0.1, 0.15) is 52.7 Å². The highest BCUT2D eigenvalue weighted by atomic mass is 15.1. The first-order valence-corrected chi connectivity index (χ1v) is 8.07. The summed E-state index contributed by atoms with van der Waals surface area (Å²) in [5.74, 6) is 0. The maximum atomic E-state index is 3.58. The molecule has 0 aromatic heterocycles. The van der Waals surface area contributed by atoms with Crippen LogP contribution in [-0.2, 0) is 13.0 Å². The average molecular weight is 290 g/mol. The highest BCUT2D eigenvalue weighted by Gasteiger charge is 2.15. The van der Waals surface area contributed by atoms with E-state index in [1.807, 2.05) is 0 Å².